The van der Waals surface area contributed by atoms with Gasteiger partial charge in [0.1, 0.15) is 0 Å². The molecule has 25 heavy (non-hydrogen) atoms. The number of amides is 2. The highest BCUT2D eigenvalue weighted by Gasteiger charge is 2.39. The average Bonchev–Trinajstić information content (AvgIpc) is 3.37. The molecule has 0 heterocycles. The van der Waals surface area contributed by atoms with Crippen LogP contribution in [0.2, 0.25) is 0 Å². The summed E-state index contributed by atoms with van der Waals surface area (Å²) in [6.07, 6.45) is 0.927. The minimum Gasteiger partial charge on any atom is -0.348 e. The van der Waals surface area contributed by atoms with Gasteiger partial charge in [-0.25, -0.2) is 0 Å². The molecule has 0 aliphatic heterocycles. The largest absolute Gasteiger partial charge is 0.348 e. The lowest BCUT2D eigenvalue weighted by atomic mass is 10.1. The molecular formula is C20H19N3O2. The fraction of sp³-hybridized carbons (Fsp3) is 0.250. The van der Waals surface area contributed by atoms with Gasteiger partial charge in [0.15, 0.2) is 0 Å². The Balaban J connectivity index is 1.58. The molecule has 2 amide bonds. The molecule has 2 unspecified atom stereocenters. The molecule has 2 N–H and O–H groups in total. The number of hydrogen-bond acceptors (Lipinski definition) is 3. The first-order chi connectivity index (χ1) is 12.1. The fourth-order valence-electron chi connectivity index (χ4n) is 2.64. The van der Waals surface area contributed by atoms with Gasteiger partial charge in [-0.15, -0.1) is 0 Å². The van der Waals surface area contributed by atoms with Crippen molar-refractivity contribution in [2.24, 2.45) is 11.8 Å². The number of benzene rings is 2. The maximum absolute atomic E-state index is 12.3. The third-order valence-electron chi connectivity index (χ3n) is 4.37. The molecule has 1 aliphatic carbocycles. The van der Waals surface area contributed by atoms with Crippen molar-refractivity contribution in [3.05, 3.63) is 65.2 Å². The molecule has 0 aromatic heterocycles. The highest BCUT2D eigenvalue weighted by molar-refractivity contribution is 5.98. The summed E-state index contributed by atoms with van der Waals surface area (Å²) in [4.78, 5) is 24.3. The lowest BCUT2D eigenvalue weighted by Gasteiger charge is -2.08. The number of nitriles is 1. The maximum atomic E-state index is 12.3. The smallest absolute Gasteiger partial charge is 0.251 e. The predicted octanol–water partition coefficient (Wildman–Crippen LogP) is 3.08. The molecule has 5 nitrogen and oxygen atoms in total. The molecule has 0 bridgehead atoms. The van der Waals surface area contributed by atoms with Crippen LogP contribution in [0.15, 0.2) is 48.5 Å². The van der Waals surface area contributed by atoms with Gasteiger partial charge >= 0.3 is 0 Å². The average molecular weight is 333 g/mol. The van der Waals surface area contributed by atoms with Gasteiger partial charge in [0.2, 0.25) is 5.91 Å². The highest BCUT2D eigenvalue weighted by Crippen LogP contribution is 2.38. The van der Waals surface area contributed by atoms with Gasteiger partial charge < -0.3 is 10.6 Å². The molecule has 1 aliphatic rings. The van der Waals surface area contributed by atoms with Crippen LogP contribution < -0.4 is 10.6 Å². The maximum Gasteiger partial charge on any atom is 0.251 e. The zero-order chi connectivity index (χ0) is 17.8. The zero-order valence-electron chi connectivity index (χ0n) is 14.0. The van der Waals surface area contributed by atoms with E-state index in [1.165, 1.54) is 0 Å². The van der Waals surface area contributed by atoms with Crippen LogP contribution in [0.1, 0.15) is 34.8 Å². The summed E-state index contributed by atoms with van der Waals surface area (Å²) < 4.78 is 0. The van der Waals surface area contributed by atoms with E-state index in [9.17, 15) is 9.59 Å². The second-order valence-corrected chi connectivity index (χ2v) is 6.38. The molecular weight excluding hydrogens is 314 g/mol. The number of hydrogen-bond donors (Lipinski definition) is 2. The quantitative estimate of drug-likeness (QED) is 0.882. The molecule has 0 spiro atoms. The number of rotatable bonds is 5. The van der Waals surface area contributed by atoms with E-state index in [-0.39, 0.29) is 17.7 Å². The number of carbonyl (C=O) groups is 2. The Morgan fingerprint density at radius 1 is 1.20 bits per heavy atom. The summed E-state index contributed by atoms with van der Waals surface area (Å²) in [5.41, 5.74) is 2.63. The van der Waals surface area contributed by atoms with Crippen LogP contribution in [0.25, 0.3) is 0 Å². The Morgan fingerprint density at radius 3 is 2.56 bits per heavy atom. The monoisotopic (exact) mass is 333 g/mol. The van der Waals surface area contributed by atoms with Crippen LogP contribution in [0.3, 0.4) is 0 Å². The van der Waals surface area contributed by atoms with Gasteiger partial charge in [0.25, 0.3) is 5.91 Å². The molecule has 1 saturated carbocycles. The molecule has 0 radical (unpaired) electrons. The first-order valence-corrected chi connectivity index (χ1v) is 8.25. The van der Waals surface area contributed by atoms with Crippen LogP contribution in [0.4, 0.5) is 5.69 Å². The second kappa shape index (κ2) is 7.18. The van der Waals surface area contributed by atoms with Gasteiger partial charge in [-0.05, 0) is 48.2 Å². The SMILES string of the molecule is CC1CC1C(=O)Nc1cccc(C(=O)NCc2ccc(C#N)cc2)c1. The summed E-state index contributed by atoms with van der Waals surface area (Å²) in [5.74, 6) is 0.343. The summed E-state index contributed by atoms with van der Waals surface area (Å²) in [6, 6.07) is 16.0. The van der Waals surface area contributed by atoms with Crippen molar-refractivity contribution >= 4 is 17.5 Å². The van der Waals surface area contributed by atoms with E-state index in [1.54, 1.807) is 36.4 Å². The Morgan fingerprint density at radius 2 is 1.92 bits per heavy atom. The minimum absolute atomic E-state index is 0.0163. The second-order valence-electron chi connectivity index (χ2n) is 6.38. The Bertz CT molecular complexity index is 837. The normalized spacial score (nSPS) is 18.1. The number of carbonyl (C=O) groups excluding carboxylic acids is 2. The molecule has 3 rings (SSSR count). The predicted molar refractivity (Wildman–Crippen MR) is 94.7 cm³/mol. The number of nitrogens with one attached hydrogen (secondary N) is 2. The van der Waals surface area contributed by atoms with E-state index < -0.39 is 0 Å². The van der Waals surface area contributed by atoms with Crippen molar-refractivity contribution < 1.29 is 9.59 Å². The van der Waals surface area contributed by atoms with Crippen LogP contribution in [-0.2, 0) is 11.3 Å². The lowest BCUT2D eigenvalue weighted by Crippen LogP contribution is -2.23. The van der Waals surface area contributed by atoms with Gasteiger partial charge in [0, 0.05) is 23.7 Å². The molecule has 2 atom stereocenters. The Kier molecular flexibility index (Phi) is 4.80. The van der Waals surface area contributed by atoms with Crippen LogP contribution >= 0.6 is 0 Å². The van der Waals surface area contributed by atoms with E-state index in [0.29, 0.717) is 29.3 Å². The molecule has 2 aromatic carbocycles. The van der Waals surface area contributed by atoms with E-state index >= 15 is 0 Å². The van der Waals surface area contributed by atoms with Gasteiger partial charge in [-0.2, -0.15) is 5.26 Å². The first kappa shape index (κ1) is 16.7. The summed E-state index contributed by atoms with van der Waals surface area (Å²) >= 11 is 0. The van der Waals surface area contributed by atoms with Gasteiger partial charge in [-0.1, -0.05) is 25.1 Å². The van der Waals surface area contributed by atoms with Crippen LogP contribution in [-0.4, -0.2) is 11.8 Å². The van der Waals surface area contributed by atoms with Crippen molar-refractivity contribution in [1.82, 2.24) is 5.32 Å². The summed E-state index contributed by atoms with van der Waals surface area (Å²) in [5, 5.41) is 14.5. The lowest BCUT2D eigenvalue weighted by molar-refractivity contribution is -0.117. The van der Waals surface area contributed by atoms with Crippen molar-refractivity contribution in [1.29, 1.82) is 5.26 Å². The van der Waals surface area contributed by atoms with Crippen molar-refractivity contribution in [2.75, 3.05) is 5.32 Å². The van der Waals surface area contributed by atoms with Crippen molar-refractivity contribution in [2.45, 2.75) is 19.9 Å². The van der Waals surface area contributed by atoms with Crippen LogP contribution in [0.5, 0.6) is 0 Å². The van der Waals surface area contributed by atoms with Crippen molar-refractivity contribution in [3.8, 4) is 6.07 Å². The standard InChI is InChI=1S/C20H19N3O2/c1-13-9-18(13)20(25)23-17-4-2-3-16(10-17)19(24)22-12-15-7-5-14(11-21)6-8-15/h2-8,10,13,18H,9,12H2,1H3,(H,22,24)(H,23,25). The zero-order valence-corrected chi connectivity index (χ0v) is 14.0. The third-order valence-corrected chi connectivity index (χ3v) is 4.37. The third kappa shape index (κ3) is 4.24. The van der Waals surface area contributed by atoms with Gasteiger partial charge in [0.05, 0.1) is 11.6 Å². The Hall–Kier alpha value is -3.13. The molecule has 1 fully saturated rings. The molecule has 0 saturated heterocycles. The Labute approximate surface area is 146 Å². The topological polar surface area (TPSA) is 82.0 Å². The minimum atomic E-state index is -0.208. The van der Waals surface area contributed by atoms with Crippen LogP contribution in [0, 0.1) is 23.2 Å². The molecule has 5 heteroatoms. The van der Waals surface area contributed by atoms with E-state index in [2.05, 4.69) is 23.6 Å². The van der Waals surface area contributed by atoms with Gasteiger partial charge in [-0.3, -0.25) is 9.59 Å². The first-order valence-electron chi connectivity index (χ1n) is 8.25. The number of nitrogens with zero attached hydrogens (tertiary/aromatic N) is 1. The van der Waals surface area contributed by atoms with Crippen molar-refractivity contribution in [3.63, 3.8) is 0 Å². The summed E-state index contributed by atoms with van der Waals surface area (Å²) in [6.45, 7) is 2.43. The number of anilines is 1. The van der Waals surface area contributed by atoms with E-state index in [4.69, 9.17) is 5.26 Å². The fourth-order valence-corrected chi connectivity index (χ4v) is 2.64. The van der Waals surface area contributed by atoms with E-state index in [0.717, 1.165) is 12.0 Å². The molecule has 2 aromatic rings. The van der Waals surface area contributed by atoms with E-state index in [1.807, 2.05) is 12.1 Å². The summed E-state index contributed by atoms with van der Waals surface area (Å²) in [7, 11) is 0. The molecule has 126 valence electrons. The highest BCUT2D eigenvalue weighted by atomic mass is 16.2.